The van der Waals surface area contributed by atoms with E-state index in [1.807, 2.05) is 12.1 Å². The molecule has 0 atom stereocenters. The van der Waals surface area contributed by atoms with Crippen LogP contribution < -0.4 is 0 Å². The van der Waals surface area contributed by atoms with Gasteiger partial charge in [0.2, 0.25) is 0 Å². The van der Waals surface area contributed by atoms with E-state index in [-0.39, 0.29) is 5.78 Å². The Balaban J connectivity index is 2.85. The Labute approximate surface area is 79.0 Å². The van der Waals surface area contributed by atoms with Crippen LogP contribution in [0.1, 0.15) is 36.8 Å². The highest BCUT2D eigenvalue weighted by Gasteiger charge is 2.03. The van der Waals surface area contributed by atoms with Crippen LogP contribution in [0.2, 0.25) is 0 Å². The first-order valence-corrected chi connectivity index (χ1v) is 4.55. The van der Waals surface area contributed by atoms with Crippen LogP contribution in [0, 0.1) is 5.92 Å². The predicted octanol–water partition coefficient (Wildman–Crippen LogP) is 2.48. The molecule has 0 aromatic carbocycles. The van der Waals surface area contributed by atoms with Gasteiger partial charge in [0.15, 0.2) is 5.78 Å². The van der Waals surface area contributed by atoms with Crippen molar-refractivity contribution in [3.63, 3.8) is 0 Å². The Morgan fingerprint density at radius 2 is 2.23 bits per heavy atom. The predicted molar refractivity (Wildman–Crippen MR) is 52.8 cm³/mol. The summed E-state index contributed by atoms with van der Waals surface area (Å²) in [7, 11) is 0. The number of nitrogens with zero attached hydrogens (tertiary/aromatic N) is 1. The number of Topliss-reactive ketones (excluding diaryl/α,β-unsaturated/α-hetero) is 1. The van der Waals surface area contributed by atoms with Crippen molar-refractivity contribution in [3.8, 4) is 0 Å². The number of pyridine rings is 1. The second-order valence-electron chi connectivity index (χ2n) is 3.70. The minimum absolute atomic E-state index is 0.0330. The Morgan fingerprint density at radius 1 is 1.54 bits per heavy atom. The molecule has 0 N–H and O–H groups in total. The maximum absolute atomic E-state index is 11.0. The van der Waals surface area contributed by atoms with Crippen LogP contribution in [0.3, 0.4) is 0 Å². The summed E-state index contributed by atoms with van der Waals surface area (Å²) in [5.41, 5.74) is 1.76. The van der Waals surface area contributed by atoms with Crippen LogP contribution in [-0.2, 0) is 6.42 Å². The minimum atomic E-state index is 0.0330. The molecule has 0 unspecified atom stereocenters. The van der Waals surface area contributed by atoms with Crippen molar-refractivity contribution in [2.24, 2.45) is 5.92 Å². The molecule has 0 amide bonds. The van der Waals surface area contributed by atoms with Gasteiger partial charge in [0, 0.05) is 13.1 Å². The van der Waals surface area contributed by atoms with Crippen LogP contribution in [0.4, 0.5) is 0 Å². The third-order valence-corrected chi connectivity index (χ3v) is 1.83. The fraction of sp³-hybridized carbons (Fsp3) is 0.455. The fourth-order valence-electron chi connectivity index (χ4n) is 1.27. The van der Waals surface area contributed by atoms with Crippen molar-refractivity contribution in [2.45, 2.75) is 27.2 Å². The van der Waals surface area contributed by atoms with E-state index >= 15 is 0 Å². The summed E-state index contributed by atoms with van der Waals surface area (Å²) < 4.78 is 0. The maximum atomic E-state index is 11.0. The Morgan fingerprint density at radius 3 is 2.77 bits per heavy atom. The third kappa shape index (κ3) is 2.98. The summed E-state index contributed by atoms with van der Waals surface area (Å²) in [5.74, 6) is 0.646. The lowest BCUT2D eigenvalue weighted by Crippen LogP contribution is -2.00. The quantitative estimate of drug-likeness (QED) is 0.664. The van der Waals surface area contributed by atoms with Gasteiger partial charge in [-0.25, -0.2) is 0 Å². The lowest BCUT2D eigenvalue weighted by atomic mass is 10.0. The van der Waals surface area contributed by atoms with Gasteiger partial charge in [-0.15, -0.1) is 0 Å². The SMILES string of the molecule is CC(=O)c1cc(CC(C)C)ccn1. The number of aromatic nitrogens is 1. The zero-order chi connectivity index (χ0) is 9.84. The highest BCUT2D eigenvalue weighted by molar-refractivity contribution is 5.92. The Hall–Kier alpha value is -1.18. The van der Waals surface area contributed by atoms with Gasteiger partial charge < -0.3 is 0 Å². The second kappa shape index (κ2) is 4.17. The normalized spacial score (nSPS) is 10.5. The molecule has 13 heavy (non-hydrogen) atoms. The van der Waals surface area contributed by atoms with Crippen molar-refractivity contribution >= 4 is 5.78 Å². The summed E-state index contributed by atoms with van der Waals surface area (Å²) >= 11 is 0. The van der Waals surface area contributed by atoms with Crippen molar-refractivity contribution in [2.75, 3.05) is 0 Å². The monoisotopic (exact) mass is 177 g/mol. The summed E-state index contributed by atoms with van der Waals surface area (Å²) in [5, 5.41) is 0. The first kappa shape index (κ1) is 9.90. The lowest BCUT2D eigenvalue weighted by Gasteiger charge is -2.04. The topological polar surface area (TPSA) is 30.0 Å². The largest absolute Gasteiger partial charge is 0.293 e. The van der Waals surface area contributed by atoms with Crippen LogP contribution >= 0.6 is 0 Å². The number of ketones is 1. The van der Waals surface area contributed by atoms with Crippen molar-refractivity contribution < 1.29 is 4.79 Å². The van der Waals surface area contributed by atoms with E-state index in [1.54, 1.807) is 13.1 Å². The smallest absolute Gasteiger partial charge is 0.178 e. The molecule has 2 heteroatoms. The van der Waals surface area contributed by atoms with Gasteiger partial charge >= 0.3 is 0 Å². The Bertz CT molecular complexity index is 305. The standard InChI is InChI=1S/C11H15NO/c1-8(2)6-10-4-5-12-11(7-10)9(3)13/h4-5,7-8H,6H2,1-3H3. The molecule has 70 valence electrons. The van der Waals surface area contributed by atoms with E-state index in [9.17, 15) is 4.79 Å². The average molecular weight is 177 g/mol. The van der Waals surface area contributed by atoms with E-state index in [1.165, 1.54) is 5.56 Å². The highest BCUT2D eigenvalue weighted by atomic mass is 16.1. The molecule has 0 saturated heterocycles. The van der Waals surface area contributed by atoms with E-state index in [4.69, 9.17) is 0 Å². The van der Waals surface area contributed by atoms with Crippen LogP contribution in [0.25, 0.3) is 0 Å². The van der Waals surface area contributed by atoms with Gasteiger partial charge in [0.1, 0.15) is 5.69 Å². The molecule has 2 nitrogen and oxygen atoms in total. The molecule has 1 heterocycles. The number of carbonyl (C=O) groups excluding carboxylic acids is 1. The molecule has 0 spiro atoms. The average Bonchev–Trinajstić information content (AvgIpc) is 2.03. The number of hydrogen-bond donors (Lipinski definition) is 0. The summed E-state index contributed by atoms with van der Waals surface area (Å²) in [6, 6.07) is 3.84. The molecular weight excluding hydrogens is 162 g/mol. The summed E-state index contributed by atoms with van der Waals surface area (Å²) in [4.78, 5) is 15.0. The lowest BCUT2D eigenvalue weighted by molar-refractivity contribution is 0.101. The molecule has 0 bridgehead atoms. The molecule has 0 aliphatic heterocycles. The van der Waals surface area contributed by atoms with Gasteiger partial charge in [-0.05, 0) is 30.0 Å². The first-order chi connectivity index (χ1) is 6.09. The highest BCUT2D eigenvalue weighted by Crippen LogP contribution is 2.08. The molecular formula is C11H15NO. The van der Waals surface area contributed by atoms with Gasteiger partial charge in [-0.2, -0.15) is 0 Å². The molecule has 0 fully saturated rings. The molecule has 0 saturated carbocycles. The second-order valence-corrected chi connectivity index (χ2v) is 3.70. The van der Waals surface area contributed by atoms with Crippen molar-refractivity contribution in [3.05, 3.63) is 29.6 Å². The van der Waals surface area contributed by atoms with Crippen LogP contribution in [0.5, 0.6) is 0 Å². The number of carbonyl (C=O) groups is 1. The third-order valence-electron chi connectivity index (χ3n) is 1.83. The summed E-state index contributed by atoms with van der Waals surface area (Å²) in [6.45, 7) is 5.86. The van der Waals surface area contributed by atoms with E-state index in [0.717, 1.165) is 6.42 Å². The molecule has 1 aromatic rings. The van der Waals surface area contributed by atoms with Gasteiger partial charge in [-0.1, -0.05) is 13.8 Å². The zero-order valence-electron chi connectivity index (χ0n) is 8.37. The first-order valence-electron chi connectivity index (χ1n) is 4.55. The number of hydrogen-bond acceptors (Lipinski definition) is 2. The molecule has 1 aromatic heterocycles. The molecule has 0 aliphatic carbocycles. The zero-order valence-corrected chi connectivity index (χ0v) is 8.37. The summed E-state index contributed by atoms with van der Waals surface area (Å²) in [6.07, 6.45) is 2.71. The Kier molecular flexibility index (Phi) is 3.18. The molecule has 1 rings (SSSR count). The maximum Gasteiger partial charge on any atom is 0.178 e. The van der Waals surface area contributed by atoms with Crippen molar-refractivity contribution in [1.82, 2.24) is 4.98 Å². The molecule has 0 aliphatic rings. The van der Waals surface area contributed by atoms with E-state index in [2.05, 4.69) is 18.8 Å². The van der Waals surface area contributed by atoms with Crippen molar-refractivity contribution in [1.29, 1.82) is 0 Å². The molecule has 0 radical (unpaired) electrons. The van der Waals surface area contributed by atoms with E-state index < -0.39 is 0 Å². The van der Waals surface area contributed by atoms with Gasteiger partial charge in [0.25, 0.3) is 0 Å². The van der Waals surface area contributed by atoms with Crippen LogP contribution in [0.15, 0.2) is 18.3 Å². The minimum Gasteiger partial charge on any atom is -0.293 e. The van der Waals surface area contributed by atoms with Crippen LogP contribution in [-0.4, -0.2) is 10.8 Å². The fourth-order valence-corrected chi connectivity index (χ4v) is 1.27. The van der Waals surface area contributed by atoms with E-state index in [0.29, 0.717) is 11.6 Å². The van der Waals surface area contributed by atoms with Gasteiger partial charge in [0.05, 0.1) is 0 Å². The number of rotatable bonds is 3. The van der Waals surface area contributed by atoms with Gasteiger partial charge in [-0.3, -0.25) is 9.78 Å².